The van der Waals surface area contributed by atoms with Gasteiger partial charge in [0.1, 0.15) is 12.3 Å². The van der Waals surface area contributed by atoms with Gasteiger partial charge in [0.15, 0.2) is 11.5 Å². The average Bonchev–Trinajstić information content (AvgIpc) is 2.75. The summed E-state index contributed by atoms with van der Waals surface area (Å²) in [6.45, 7) is 2.77. The second-order valence-electron chi connectivity index (χ2n) is 5.84. The summed E-state index contributed by atoms with van der Waals surface area (Å²) in [7, 11) is 0. The smallest absolute Gasteiger partial charge is 0.291 e. The fraction of sp³-hybridized carbons (Fsp3) is 0.143. The summed E-state index contributed by atoms with van der Waals surface area (Å²) in [4.78, 5) is 19.7. The Labute approximate surface area is 173 Å². The molecule has 0 unspecified atom stereocenters. The molecule has 0 bridgehead atoms. The van der Waals surface area contributed by atoms with E-state index >= 15 is 0 Å². The lowest BCUT2D eigenvalue weighted by atomic mass is 10.2. The van der Waals surface area contributed by atoms with E-state index in [1.165, 1.54) is 24.8 Å². The molecule has 0 radical (unpaired) electrons. The zero-order valence-corrected chi connectivity index (χ0v) is 16.5. The summed E-state index contributed by atoms with van der Waals surface area (Å²) in [5.74, 6) is 0.760. The van der Waals surface area contributed by atoms with Crippen LogP contribution in [0.4, 0.5) is 0 Å². The van der Waals surface area contributed by atoms with Gasteiger partial charge in [-0.25, -0.2) is 10.4 Å². The minimum Gasteiger partial charge on any atom is -0.490 e. The minimum absolute atomic E-state index is 0.186. The lowest BCUT2D eigenvalue weighted by molar-refractivity contribution is 0.0949. The first-order valence-corrected chi connectivity index (χ1v) is 9.27. The Kier molecular flexibility index (Phi) is 7.13. The summed E-state index contributed by atoms with van der Waals surface area (Å²) in [5, 5.41) is 4.63. The Hall–Kier alpha value is -3.45. The molecule has 0 aliphatic heterocycles. The van der Waals surface area contributed by atoms with Crippen LogP contribution in [-0.4, -0.2) is 28.7 Å². The van der Waals surface area contributed by atoms with E-state index in [0.717, 1.165) is 11.1 Å². The number of ether oxygens (including phenoxy) is 2. The number of amides is 1. The fourth-order valence-electron chi connectivity index (χ4n) is 2.37. The topological polar surface area (TPSA) is 85.7 Å². The van der Waals surface area contributed by atoms with Gasteiger partial charge in [0, 0.05) is 17.4 Å². The van der Waals surface area contributed by atoms with Crippen LogP contribution in [-0.2, 0) is 6.61 Å². The Morgan fingerprint density at radius 2 is 1.97 bits per heavy atom. The maximum Gasteiger partial charge on any atom is 0.291 e. The van der Waals surface area contributed by atoms with Gasteiger partial charge in [-0.2, -0.15) is 5.10 Å². The van der Waals surface area contributed by atoms with Crippen LogP contribution in [0.5, 0.6) is 11.5 Å². The van der Waals surface area contributed by atoms with Crippen LogP contribution in [0.1, 0.15) is 28.5 Å². The highest BCUT2D eigenvalue weighted by atomic mass is 35.5. The van der Waals surface area contributed by atoms with Gasteiger partial charge in [0.2, 0.25) is 0 Å². The largest absolute Gasteiger partial charge is 0.490 e. The van der Waals surface area contributed by atoms with Crippen molar-refractivity contribution in [3.8, 4) is 11.5 Å². The van der Waals surface area contributed by atoms with Crippen LogP contribution in [0, 0.1) is 0 Å². The molecule has 8 heteroatoms. The van der Waals surface area contributed by atoms with Crippen LogP contribution >= 0.6 is 11.6 Å². The van der Waals surface area contributed by atoms with Crippen molar-refractivity contribution in [1.82, 2.24) is 15.4 Å². The van der Waals surface area contributed by atoms with E-state index < -0.39 is 5.91 Å². The first kappa shape index (κ1) is 20.3. The summed E-state index contributed by atoms with van der Waals surface area (Å²) in [6.07, 6.45) is 5.81. The third kappa shape index (κ3) is 6.02. The number of carbonyl (C=O) groups excluding carboxylic acids is 1. The standard InChI is InChI=1S/C21H19ClN4O3/c1-2-28-20-11-16(12-25-26-21(27)18-13-23-9-10-24-18)5-8-19(20)29-14-15-3-6-17(22)7-4-15/h3-13H,2,14H2,1H3,(H,26,27)/b25-12+. The average molecular weight is 411 g/mol. The van der Waals surface area contributed by atoms with Crippen LogP contribution in [0.3, 0.4) is 0 Å². The second kappa shape index (κ2) is 10.2. The van der Waals surface area contributed by atoms with E-state index in [2.05, 4.69) is 20.5 Å². The third-order valence-electron chi connectivity index (χ3n) is 3.75. The quantitative estimate of drug-likeness (QED) is 0.450. The first-order valence-electron chi connectivity index (χ1n) is 8.89. The van der Waals surface area contributed by atoms with Gasteiger partial charge < -0.3 is 9.47 Å². The molecule has 0 spiro atoms. The molecule has 0 saturated heterocycles. The third-order valence-corrected chi connectivity index (χ3v) is 4.00. The number of hydrogen-bond donors (Lipinski definition) is 1. The molecule has 0 fully saturated rings. The van der Waals surface area contributed by atoms with Gasteiger partial charge in [0.05, 0.1) is 19.0 Å². The van der Waals surface area contributed by atoms with Crippen molar-refractivity contribution < 1.29 is 14.3 Å². The van der Waals surface area contributed by atoms with Crippen molar-refractivity contribution >= 4 is 23.7 Å². The van der Waals surface area contributed by atoms with Crippen molar-refractivity contribution in [3.63, 3.8) is 0 Å². The van der Waals surface area contributed by atoms with Crippen molar-refractivity contribution in [2.75, 3.05) is 6.61 Å². The maximum absolute atomic E-state index is 11.9. The lowest BCUT2D eigenvalue weighted by Gasteiger charge is -2.12. The minimum atomic E-state index is -0.442. The second-order valence-corrected chi connectivity index (χ2v) is 6.28. The monoisotopic (exact) mass is 410 g/mol. The predicted octanol–water partition coefficient (Wildman–Crippen LogP) is 3.87. The van der Waals surface area contributed by atoms with Crippen molar-refractivity contribution in [1.29, 1.82) is 0 Å². The molecular weight excluding hydrogens is 392 g/mol. The van der Waals surface area contributed by atoms with Gasteiger partial charge in [-0.05, 0) is 48.4 Å². The number of halogens is 1. The summed E-state index contributed by atoms with van der Waals surface area (Å²) in [6, 6.07) is 12.9. The van der Waals surface area contributed by atoms with Crippen molar-refractivity contribution in [2.24, 2.45) is 5.10 Å². The van der Waals surface area contributed by atoms with E-state index in [1.807, 2.05) is 37.3 Å². The number of nitrogens with one attached hydrogen (secondary N) is 1. The number of hydrazone groups is 1. The van der Waals surface area contributed by atoms with Gasteiger partial charge in [-0.3, -0.25) is 9.78 Å². The summed E-state index contributed by atoms with van der Waals surface area (Å²) < 4.78 is 11.5. The molecule has 29 heavy (non-hydrogen) atoms. The highest BCUT2D eigenvalue weighted by Crippen LogP contribution is 2.29. The van der Waals surface area contributed by atoms with Gasteiger partial charge in [-0.1, -0.05) is 23.7 Å². The first-order chi connectivity index (χ1) is 14.2. The van der Waals surface area contributed by atoms with Crippen molar-refractivity contribution in [3.05, 3.63) is 82.9 Å². The molecule has 1 amide bonds. The Morgan fingerprint density at radius 1 is 1.14 bits per heavy atom. The van der Waals surface area contributed by atoms with Gasteiger partial charge >= 0.3 is 0 Å². The van der Waals surface area contributed by atoms with E-state index in [-0.39, 0.29) is 5.69 Å². The summed E-state index contributed by atoms with van der Waals surface area (Å²) in [5.41, 5.74) is 4.33. The van der Waals surface area contributed by atoms with Crippen LogP contribution in [0.25, 0.3) is 0 Å². The molecule has 148 valence electrons. The number of benzene rings is 2. The van der Waals surface area contributed by atoms with E-state index in [9.17, 15) is 4.79 Å². The Morgan fingerprint density at radius 3 is 2.69 bits per heavy atom. The summed E-state index contributed by atoms with van der Waals surface area (Å²) >= 11 is 5.90. The van der Waals surface area contributed by atoms with Crippen LogP contribution in [0.2, 0.25) is 5.02 Å². The van der Waals surface area contributed by atoms with Crippen LogP contribution in [0.15, 0.2) is 66.2 Å². The number of aromatic nitrogens is 2. The molecule has 2 aromatic carbocycles. The van der Waals surface area contributed by atoms with Crippen molar-refractivity contribution in [2.45, 2.75) is 13.5 Å². The van der Waals surface area contributed by atoms with Gasteiger partial charge in [0.25, 0.3) is 5.91 Å². The van der Waals surface area contributed by atoms with E-state index in [0.29, 0.717) is 29.7 Å². The number of carbonyl (C=O) groups is 1. The van der Waals surface area contributed by atoms with Crippen LogP contribution < -0.4 is 14.9 Å². The molecule has 7 nitrogen and oxygen atoms in total. The molecule has 1 N–H and O–H groups in total. The fourth-order valence-corrected chi connectivity index (χ4v) is 2.50. The van der Waals surface area contributed by atoms with E-state index in [1.54, 1.807) is 12.1 Å². The molecule has 0 aliphatic rings. The number of hydrogen-bond acceptors (Lipinski definition) is 6. The zero-order chi connectivity index (χ0) is 20.5. The predicted molar refractivity (Wildman–Crippen MR) is 110 cm³/mol. The highest BCUT2D eigenvalue weighted by Gasteiger charge is 2.08. The molecule has 1 heterocycles. The lowest BCUT2D eigenvalue weighted by Crippen LogP contribution is -2.19. The normalized spacial score (nSPS) is 10.7. The SMILES string of the molecule is CCOc1cc(/C=N/NC(=O)c2cnccn2)ccc1OCc1ccc(Cl)cc1. The Bertz CT molecular complexity index is 979. The molecule has 0 saturated carbocycles. The molecule has 0 atom stereocenters. The maximum atomic E-state index is 11.9. The van der Waals surface area contributed by atoms with Gasteiger partial charge in [-0.15, -0.1) is 0 Å². The molecular formula is C21H19ClN4O3. The highest BCUT2D eigenvalue weighted by molar-refractivity contribution is 6.30. The van der Waals surface area contributed by atoms with E-state index in [4.69, 9.17) is 21.1 Å². The number of rotatable bonds is 8. The Balaban J connectivity index is 1.65. The zero-order valence-electron chi connectivity index (χ0n) is 15.7. The molecule has 1 aromatic heterocycles. The molecule has 0 aliphatic carbocycles. The molecule has 3 rings (SSSR count). The number of nitrogens with zero attached hydrogens (tertiary/aromatic N) is 3. The molecule has 3 aromatic rings.